The summed E-state index contributed by atoms with van der Waals surface area (Å²) in [7, 11) is 0. The van der Waals surface area contributed by atoms with Crippen molar-refractivity contribution in [3.05, 3.63) is 35.4 Å². The van der Waals surface area contributed by atoms with Crippen molar-refractivity contribution in [2.75, 3.05) is 26.2 Å². The minimum Gasteiger partial charge on any atom is -0.389 e. The standard InChI is InChI=1S/C26H39F2N3O4/c1-3-5-7-31-16-18(12-24(31)32)26(34)30-23(11-17-9-19(27)13-20(28)10-17)25(33)22-14-21(15-29-22)35-8-6-4-2/h9-10,13,18,21-23,25,29,33H,3-8,11-12,14-16H2,1-2H3,(H,30,34)/t18?,21-,22-,23+,25-/m1/s1. The minimum absolute atomic E-state index is 0.0382. The fourth-order valence-corrected chi connectivity index (χ4v) is 4.85. The van der Waals surface area contributed by atoms with Crippen LogP contribution < -0.4 is 10.6 Å². The van der Waals surface area contributed by atoms with Gasteiger partial charge in [0.25, 0.3) is 0 Å². The number of benzene rings is 1. The number of amides is 2. The molecule has 0 bridgehead atoms. The number of likely N-dealkylation sites (tertiary alicyclic amines) is 1. The Morgan fingerprint density at radius 2 is 1.94 bits per heavy atom. The summed E-state index contributed by atoms with van der Waals surface area (Å²) >= 11 is 0. The molecule has 2 heterocycles. The van der Waals surface area contributed by atoms with Crippen molar-refractivity contribution < 1.29 is 28.2 Å². The molecule has 3 N–H and O–H groups in total. The number of hydrogen-bond donors (Lipinski definition) is 3. The van der Waals surface area contributed by atoms with Crippen molar-refractivity contribution >= 4 is 11.8 Å². The lowest BCUT2D eigenvalue weighted by Gasteiger charge is -2.29. The Balaban J connectivity index is 1.68. The Bertz CT molecular complexity index is 836. The third-order valence-electron chi connectivity index (χ3n) is 6.87. The highest BCUT2D eigenvalue weighted by molar-refractivity contribution is 5.89. The number of rotatable bonds is 13. The van der Waals surface area contributed by atoms with E-state index in [9.17, 15) is 23.5 Å². The van der Waals surface area contributed by atoms with Crippen LogP contribution in [0.3, 0.4) is 0 Å². The van der Waals surface area contributed by atoms with Crippen LogP contribution in [0.2, 0.25) is 0 Å². The summed E-state index contributed by atoms with van der Waals surface area (Å²) in [6.07, 6.45) is 3.54. The minimum atomic E-state index is -1.00. The van der Waals surface area contributed by atoms with Crippen LogP contribution in [0.25, 0.3) is 0 Å². The quantitative estimate of drug-likeness (QED) is 0.366. The molecular weight excluding hydrogens is 456 g/mol. The SMILES string of the molecule is CCCCO[C@H]1CN[C@@H]([C@@H](O)[C@H](Cc2cc(F)cc(F)c2)NC(=O)C2CC(=O)N(CCCC)C2)C1. The molecule has 7 nitrogen and oxygen atoms in total. The molecule has 5 atom stereocenters. The first-order valence-corrected chi connectivity index (χ1v) is 12.9. The van der Waals surface area contributed by atoms with Crippen molar-refractivity contribution in [3.63, 3.8) is 0 Å². The zero-order chi connectivity index (χ0) is 25.4. The zero-order valence-electron chi connectivity index (χ0n) is 20.8. The van der Waals surface area contributed by atoms with Crippen molar-refractivity contribution in [3.8, 4) is 0 Å². The lowest BCUT2D eigenvalue weighted by atomic mass is 9.94. The highest BCUT2D eigenvalue weighted by atomic mass is 19.1. The number of carbonyl (C=O) groups excluding carboxylic acids is 2. The maximum atomic E-state index is 13.8. The molecule has 2 saturated heterocycles. The van der Waals surface area contributed by atoms with E-state index < -0.39 is 29.7 Å². The molecule has 0 saturated carbocycles. The Kier molecular flexibility index (Phi) is 10.4. The van der Waals surface area contributed by atoms with Crippen LogP contribution >= 0.6 is 0 Å². The maximum absolute atomic E-state index is 13.8. The van der Waals surface area contributed by atoms with E-state index >= 15 is 0 Å². The first-order valence-electron chi connectivity index (χ1n) is 12.9. The lowest BCUT2D eigenvalue weighted by Crippen LogP contribution is -2.53. The number of carbonyl (C=O) groups is 2. The normalized spacial score (nSPS) is 24.1. The van der Waals surface area contributed by atoms with Crippen LogP contribution in [-0.2, 0) is 20.7 Å². The molecule has 196 valence electrons. The fraction of sp³-hybridized carbons (Fsp3) is 0.692. The van der Waals surface area contributed by atoms with E-state index in [0.717, 1.165) is 31.7 Å². The summed E-state index contributed by atoms with van der Waals surface area (Å²) in [6.45, 7) is 6.34. The predicted molar refractivity (Wildman–Crippen MR) is 129 cm³/mol. The van der Waals surface area contributed by atoms with Crippen LogP contribution in [0.5, 0.6) is 0 Å². The topological polar surface area (TPSA) is 90.9 Å². The Morgan fingerprint density at radius 1 is 1.23 bits per heavy atom. The number of nitrogens with zero attached hydrogens (tertiary/aromatic N) is 1. The molecular formula is C26H39F2N3O4. The van der Waals surface area contributed by atoms with Gasteiger partial charge in [-0.25, -0.2) is 8.78 Å². The molecule has 2 aliphatic heterocycles. The summed E-state index contributed by atoms with van der Waals surface area (Å²) in [5.74, 6) is -2.31. The number of hydrogen-bond acceptors (Lipinski definition) is 5. The van der Waals surface area contributed by atoms with E-state index in [1.165, 1.54) is 12.1 Å². The van der Waals surface area contributed by atoms with Crippen molar-refractivity contribution in [2.24, 2.45) is 5.92 Å². The van der Waals surface area contributed by atoms with Crippen molar-refractivity contribution in [1.82, 2.24) is 15.5 Å². The number of halogens is 2. The fourth-order valence-electron chi connectivity index (χ4n) is 4.85. The highest BCUT2D eigenvalue weighted by Crippen LogP contribution is 2.22. The van der Waals surface area contributed by atoms with Gasteiger partial charge in [0.05, 0.1) is 24.2 Å². The van der Waals surface area contributed by atoms with Crippen LogP contribution in [0.1, 0.15) is 57.9 Å². The van der Waals surface area contributed by atoms with Gasteiger partial charge in [0.2, 0.25) is 11.8 Å². The third-order valence-corrected chi connectivity index (χ3v) is 6.87. The van der Waals surface area contributed by atoms with Gasteiger partial charge in [-0.1, -0.05) is 26.7 Å². The van der Waals surface area contributed by atoms with E-state index in [1.54, 1.807) is 4.90 Å². The van der Waals surface area contributed by atoms with Gasteiger partial charge in [-0.15, -0.1) is 0 Å². The van der Waals surface area contributed by atoms with Gasteiger partial charge in [0.1, 0.15) is 11.6 Å². The molecule has 2 aliphatic rings. The number of ether oxygens (including phenoxy) is 1. The van der Waals surface area contributed by atoms with Crippen molar-refractivity contribution in [1.29, 1.82) is 0 Å². The molecule has 35 heavy (non-hydrogen) atoms. The van der Waals surface area contributed by atoms with Gasteiger partial charge in [0.15, 0.2) is 0 Å². The van der Waals surface area contributed by atoms with Crippen LogP contribution in [-0.4, -0.2) is 72.4 Å². The number of aliphatic hydroxyl groups excluding tert-OH is 1. The number of nitrogens with one attached hydrogen (secondary N) is 2. The second-order valence-electron chi connectivity index (χ2n) is 9.78. The molecule has 2 fully saturated rings. The molecule has 1 unspecified atom stereocenters. The summed E-state index contributed by atoms with van der Waals surface area (Å²) in [5, 5.41) is 17.4. The van der Waals surface area contributed by atoms with Crippen molar-refractivity contribution in [2.45, 2.75) is 83.1 Å². The summed E-state index contributed by atoms with van der Waals surface area (Å²) in [6, 6.07) is 2.09. The first-order chi connectivity index (χ1) is 16.8. The molecule has 0 aromatic heterocycles. The summed E-state index contributed by atoms with van der Waals surface area (Å²) in [4.78, 5) is 27.1. The highest BCUT2D eigenvalue weighted by Gasteiger charge is 2.38. The molecule has 9 heteroatoms. The Morgan fingerprint density at radius 3 is 2.63 bits per heavy atom. The van der Waals surface area contributed by atoms with Crippen LogP contribution in [0, 0.1) is 17.6 Å². The van der Waals surface area contributed by atoms with Crippen LogP contribution in [0.15, 0.2) is 18.2 Å². The van der Waals surface area contributed by atoms with Gasteiger partial charge in [-0.05, 0) is 43.4 Å². The van der Waals surface area contributed by atoms with Gasteiger partial charge >= 0.3 is 0 Å². The van der Waals surface area contributed by atoms with E-state index in [4.69, 9.17) is 4.74 Å². The van der Waals surface area contributed by atoms with Gasteiger partial charge < -0.3 is 25.4 Å². The predicted octanol–water partition coefficient (Wildman–Crippen LogP) is 2.55. The summed E-state index contributed by atoms with van der Waals surface area (Å²) < 4.78 is 33.5. The molecule has 0 radical (unpaired) electrons. The molecule has 1 aromatic rings. The second-order valence-corrected chi connectivity index (χ2v) is 9.78. The monoisotopic (exact) mass is 495 g/mol. The Hall–Kier alpha value is -2.10. The zero-order valence-corrected chi connectivity index (χ0v) is 20.8. The smallest absolute Gasteiger partial charge is 0.225 e. The van der Waals surface area contributed by atoms with E-state index in [1.807, 2.05) is 6.92 Å². The van der Waals surface area contributed by atoms with Gasteiger partial charge in [-0.3, -0.25) is 9.59 Å². The summed E-state index contributed by atoms with van der Waals surface area (Å²) in [5.41, 5.74) is 0.340. The molecule has 0 aliphatic carbocycles. The van der Waals surface area contributed by atoms with E-state index in [-0.39, 0.29) is 36.8 Å². The molecule has 0 spiro atoms. The molecule has 2 amide bonds. The lowest BCUT2D eigenvalue weighted by molar-refractivity contribution is -0.129. The number of unbranched alkanes of at least 4 members (excludes halogenated alkanes) is 2. The maximum Gasteiger partial charge on any atom is 0.225 e. The van der Waals surface area contributed by atoms with Gasteiger partial charge in [0, 0.05) is 44.8 Å². The van der Waals surface area contributed by atoms with E-state index in [0.29, 0.717) is 38.2 Å². The molecule has 1 aromatic carbocycles. The molecule has 3 rings (SSSR count). The second kappa shape index (κ2) is 13.3. The average molecular weight is 496 g/mol. The average Bonchev–Trinajstić information content (AvgIpc) is 3.43. The van der Waals surface area contributed by atoms with Crippen LogP contribution in [0.4, 0.5) is 8.78 Å². The van der Waals surface area contributed by atoms with E-state index in [2.05, 4.69) is 17.6 Å². The third kappa shape index (κ3) is 7.95. The largest absolute Gasteiger partial charge is 0.389 e. The number of aliphatic hydroxyl groups is 1. The first kappa shape index (κ1) is 27.5. The Labute approximate surface area is 206 Å². The van der Waals surface area contributed by atoms with Gasteiger partial charge in [-0.2, -0.15) is 0 Å².